The molecule has 7 heteroatoms. The maximum absolute atomic E-state index is 13.1. The average molecular weight is 453 g/mol. The van der Waals surface area contributed by atoms with Crippen LogP contribution in [-0.4, -0.2) is 74.9 Å². The number of piperidine rings is 1. The first-order valence-corrected chi connectivity index (χ1v) is 12.2. The summed E-state index contributed by atoms with van der Waals surface area (Å²) in [6, 6.07) is 3.50. The van der Waals surface area contributed by atoms with E-state index in [0.29, 0.717) is 41.2 Å². The molecule has 1 aromatic rings. The first-order chi connectivity index (χ1) is 15.1. The zero-order chi connectivity index (χ0) is 22.1. The van der Waals surface area contributed by atoms with Crippen molar-refractivity contribution in [2.75, 3.05) is 59.2 Å². The third-order valence-electron chi connectivity index (χ3n) is 6.16. The first-order valence-electron chi connectivity index (χ1n) is 11.8. The molecule has 0 unspecified atom stereocenters. The molecule has 0 saturated carbocycles. The van der Waals surface area contributed by atoms with Gasteiger partial charge < -0.3 is 19.1 Å². The van der Waals surface area contributed by atoms with Crippen molar-refractivity contribution in [2.45, 2.75) is 46.0 Å². The van der Waals surface area contributed by atoms with Gasteiger partial charge in [0.2, 0.25) is 0 Å². The van der Waals surface area contributed by atoms with Gasteiger partial charge in [-0.25, -0.2) is 0 Å². The lowest BCUT2D eigenvalue weighted by molar-refractivity contribution is 0.0332. The second-order valence-electron chi connectivity index (χ2n) is 8.40. The molecule has 0 N–H and O–H groups in total. The van der Waals surface area contributed by atoms with Crippen LogP contribution in [0.4, 0.5) is 0 Å². The molecule has 2 saturated heterocycles. The van der Waals surface area contributed by atoms with Gasteiger partial charge in [0, 0.05) is 31.7 Å². The van der Waals surface area contributed by atoms with Gasteiger partial charge >= 0.3 is 0 Å². The predicted molar refractivity (Wildman–Crippen MR) is 124 cm³/mol. The Balaban J connectivity index is 1.55. The number of amides is 1. The lowest BCUT2D eigenvalue weighted by Gasteiger charge is -2.34. The van der Waals surface area contributed by atoms with E-state index in [2.05, 4.69) is 11.8 Å². The lowest BCUT2D eigenvalue weighted by Crippen LogP contribution is -2.40. The molecule has 1 aromatic carbocycles. The summed E-state index contributed by atoms with van der Waals surface area (Å²) in [7, 11) is 0. The minimum absolute atomic E-state index is 0.0228. The predicted octanol–water partition coefficient (Wildman–Crippen LogP) is 4.49. The summed E-state index contributed by atoms with van der Waals surface area (Å²) < 4.78 is 17.0. The van der Waals surface area contributed by atoms with Gasteiger partial charge in [-0.3, -0.25) is 9.69 Å². The number of ether oxygens (including phenoxy) is 3. The van der Waals surface area contributed by atoms with Crippen molar-refractivity contribution in [2.24, 2.45) is 5.92 Å². The molecule has 2 aliphatic heterocycles. The molecule has 31 heavy (non-hydrogen) atoms. The van der Waals surface area contributed by atoms with E-state index in [0.717, 1.165) is 71.6 Å². The number of hydrogen-bond donors (Lipinski definition) is 0. The Labute approximate surface area is 191 Å². The molecule has 2 fully saturated rings. The molecule has 2 heterocycles. The molecule has 0 radical (unpaired) electrons. The molecule has 0 atom stereocenters. The van der Waals surface area contributed by atoms with Crippen molar-refractivity contribution >= 4 is 17.5 Å². The van der Waals surface area contributed by atoms with Crippen LogP contribution in [-0.2, 0) is 4.74 Å². The Morgan fingerprint density at radius 3 is 2.55 bits per heavy atom. The highest BCUT2D eigenvalue weighted by atomic mass is 35.5. The van der Waals surface area contributed by atoms with Crippen LogP contribution in [0.5, 0.6) is 11.5 Å². The fourth-order valence-electron chi connectivity index (χ4n) is 4.21. The monoisotopic (exact) mass is 452 g/mol. The van der Waals surface area contributed by atoms with Gasteiger partial charge in [0.1, 0.15) is 0 Å². The normalized spacial score (nSPS) is 18.2. The molecule has 0 bridgehead atoms. The minimum atomic E-state index is 0.0228. The van der Waals surface area contributed by atoms with E-state index in [1.54, 1.807) is 12.1 Å². The summed E-state index contributed by atoms with van der Waals surface area (Å²) in [5, 5.41) is 0.436. The molecular weight excluding hydrogens is 416 g/mol. The van der Waals surface area contributed by atoms with Crippen LogP contribution in [0.15, 0.2) is 12.1 Å². The third-order valence-corrected chi connectivity index (χ3v) is 6.44. The van der Waals surface area contributed by atoms with Gasteiger partial charge in [-0.1, -0.05) is 24.9 Å². The summed E-state index contributed by atoms with van der Waals surface area (Å²) in [5.41, 5.74) is 0.572. The molecule has 6 nitrogen and oxygen atoms in total. The minimum Gasteiger partial charge on any atom is -0.490 e. The second-order valence-corrected chi connectivity index (χ2v) is 8.81. The van der Waals surface area contributed by atoms with Crippen LogP contribution in [0.3, 0.4) is 0 Å². The Bertz CT molecular complexity index is 701. The van der Waals surface area contributed by atoms with Crippen LogP contribution < -0.4 is 9.47 Å². The molecule has 3 rings (SSSR count). The number of unbranched alkanes of at least 4 members (excludes halogenated alkanes) is 1. The number of benzene rings is 1. The fourth-order valence-corrected chi connectivity index (χ4v) is 4.48. The number of morpholine rings is 1. The van der Waals surface area contributed by atoms with Gasteiger partial charge in [0.25, 0.3) is 5.91 Å². The number of hydrogen-bond acceptors (Lipinski definition) is 5. The molecule has 2 aliphatic rings. The molecule has 1 amide bonds. The summed E-state index contributed by atoms with van der Waals surface area (Å²) in [4.78, 5) is 17.6. The second kappa shape index (κ2) is 12.5. The number of carbonyl (C=O) groups is 1. The summed E-state index contributed by atoms with van der Waals surface area (Å²) in [5.74, 6) is 1.79. The molecule has 0 aliphatic carbocycles. The largest absolute Gasteiger partial charge is 0.490 e. The van der Waals surface area contributed by atoms with Crippen molar-refractivity contribution in [3.05, 3.63) is 22.7 Å². The van der Waals surface area contributed by atoms with Gasteiger partial charge in [-0.05, 0) is 57.2 Å². The number of likely N-dealkylation sites (tertiary alicyclic amines) is 1. The number of nitrogens with zero attached hydrogens (tertiary/aromatic N) is 2. The topological polar surface area (TPSA) is 51.2 Å². The highest BCUT2D eigenvalue weighted by molar-refractivity contribution is 6.32. The zero-order valence-electron chi connectivity index (χ0n) is 19.0. The van der Waals surface area contributed by atoms with E-state index in [4.69, 9.17) is 25.8 Å². The van der Waals surface area contributed by atoms with Gasteiger partial charge in [-0.2, -0.15) is 0 Å². The van der Waals surface area contributed by atoms with Crippen LogP contribution in [0.2, 0.25) is 5.02 Å². The SMILES string of the molecule is CCCCOc1c(Cl)cc(C(=O)N2CCC(CCN3CCOCC3)CC2)cc1OCC. The van der Waals surface area contributed by atoms with Crippen molar-refractivity contribution in [3.63, 3.8) is 0 Å². The quantitative estimate of drug-likeness (QED) is 0.489. The van der Waals surface area contributed by atoms with E-state index < -0.39 is 0 Å². The fraction of sp³-hybridized carbons (Fsp3) is 0.708. The van der Waals surface area contributed by atoms with Crippen molar-refractivity contribution in [1.82, 2.24) is 9.80 Å². The van der Waals surface area contributed by atoms with E-state index in [1.165, 1.54) is 6.42 Å². The van der Waals surface area contributed by atoms with E-state index >= 15 is 0 Å². The maximum Gasteiger partial charge on any atom is 0.254 e. The van der Waals surface area contributed by atoms with Crippen molar-refractivity contribution in [3.8, 4) is 11.5 Å². The Hall–Kier alpha value is -1.50. The third kappa shape index (κ3) is 6.99. The Morgan fingerprint density at radius 2 is 1.87 bits per heavy atom. The van der Waals surface area contributed by atoms with E-state index in [1.807, 2.05) is 11.8 Å². The van der Waals surface area contributed by atoms with Gasteiger partial charge in [0.05, 0.1) is 31.5 Å². The summed E-state index contributed by atoms with van der Waals surface area (Å²) >= 11 is 6.48. The first kappa shape index (κ1) is 24.1. The maximum atomic E-state index is 13.1. The van der Waals surface area contributed by atoms with Gasteiger partial charge in [-0.15, -0.1) is 0 Å². The van der Waals surface area contributed by atoms with E-state index in [-0.39, 0.29) is 5.91 Å². The van der Waals surface area contributed by atoms with Gasteiger partial charge in [0.15, 0.2) is 11.5 Å². The zero-order valence-corrected chi connectivity index (χ0v) is 19.8. The van der Waals surface area contributed by atoms with E-state index in [9.17, 15) is 4.79 Å². The summed E-state index contributed by atoms with van der Waals surface area (Å²) in [6.07, 6.45) is 5.30. The van der Waals surface area contributed by atoms with Crippen molar-refractivity contribution in [1.29, 1.82) is 0 Å². The van der Waals surface area contributed by atoms with Crippen molar-refractivity contribution < 1.29 is 19.0 Å². The van der Waals surface area contributed by atoms with Crippen LogP contribution in [0.25, 0.3) is 0 Å². The highest BCUT2D eigenvalue weighted by Crippen LogP contribution is 2.37. The molecule has 0 aromatic heterocycles. The van der Waals surface area contributed by atoms with Crippen LogP contribution >= 0.6 is 11.6 Å². The smallest absolute Gasteiger partial charge is 0.254 e. The lowest BCUT2D eigenvalue weighted by atomic mass is 9.93. The average Bonchev–Trinajstić information content (AvgIpc) is 2.80. The van der Waals surface area contributed by atoms with Crippen LogP contribution in [0, 0.1) is 5.92 Å². The Morgan fingerprint density at radius 1 is 1.13 bits per heavy atom. The summed E-state index contributed by atoms with van der Waals surface area (Å²) in [6.45, 7) is 11.6. The Kier molecular flexibility index (Phi) is 9.75. The number of carbonyl (C=O) groups excluding carboxylic acids is 1. The molecule has 0 spiro atoms. The van der Waals surface area contributed by atoms with Crippen LogP contribution in [0.1, 0.15) is 56.3 Å². The molecular formula is C24H37ClN2O4. The highest BCUT2D eigenvalue weighted by Gasteiger charge is 2.26. The number of rotatable bonds is 10. The standard InChI is InChI=1S/C24H37ClN2O4/c1-3-5-14-31-23-21(25)17-20(18-22(23)30-4-2)24(28)27-10-7-19(8-11-27)6-9-26-12-15-29-16-13-26/h17-19H,3-16H2,1-2H3. The molecule has 174 valence electrons. The number of halogens is 1.